The molecule has 3 rings (SSSR count). The van der Waals surface area contributed by atoms with Gasteiger partial charge in [-0.15, -0.1) is 10.2 Å². The zero-order valence-corrected chi connectivity index (χ0v) is 14.2. The zero-order valence-electron chi connectivity index (χ0n) is 14.2. The monoisotopic (exact) mass is 338 g/mol. The Morgan fingerprint density at radius 3 is 2.64 bits per heavy atom. The number of tetrazole rings is 1. The number of hydrogen-bond acceptors (Lipinski definition) is 5. The Bertz CT molecular complexity index is 789. The van der Waals surface area contributed by atoms with Crippen LogP contribution in [0.1, 0.15) is 22.5 Å². The molecule has 0 radical (unpaired) electrons. The molecule has 1 aromatic heterocycles. The molecule has 0 bridgehead atoms. The van der Waals surface area contributed by atoms with Crippen molar-refractivity contribution in [2.75, 3.05) is 6.61 Å². The van der Waals surface area contributed by atoms with Gasteiger partial charge in [0, 0.05) is 6.42 Å². The Balaban J connectivity index is 1.47. The van der Waals surface area contributed by atoms with Crippen LogP contribution in [-0.4, -0.2) is 38.0 Å². The molecule has 0 saturated heterocycles. The Morgan fingerprint density at radius 2 is 1.84 bits per heavy atom. The number of rotatable bonds is 8. The Labute approximate surface area is 147 Å². The van der Waals surface area contributed by atoms with E-state index in [4.69, 9.17) is 4.74 Å². The van der Waals surface area contributed by atoms with Crippen LogP contribution in [0.5, 0.6) is 0 Å². The molecule has 6 nitrogen and oxygen atoms in total. The van der Waals surface area contributed by atoms with Gasteiger partial charge in [-0.3, -0.25) is 0 Å². The van der Waals surface area contributed by atoms with Gasteiger partial charge in [0.25, 0.3) is 0 Å². The number of aryl methyl sites for hydroxylation is 1. The van der Waals surface area contributed by atoms with Crippen LogP contribution in [0.3, 0.4) is 0 Å². The summed E-state index contributed by atoms with van der Waals surface area (Å²) in [4.78, 5) is 1.42. The Morgan fingerprint density at radius 1 is 1.08 bits per heavy atom. The molecular weight excluding hydrogens is 316 g/mol. The van der Waals surface area contributed by atoms with Gasteiger partial charge in [0.15, 0.2) is 5.82 Å². The van der Waals surface area contributed by atoms with Gasteiger partial charge in [-0.05, 0) is 28.8 Å². The van der Waals surface area contributed by atoms with E-state index in [0.717, 1.165) is 5.56 Å². The first kappa shape index (κ1) is 17.3. The van der Waals surface area contributed by atoms with Crippen LogP contribution < -0.4 is 0 Å². The first-order chi connectivity index (χ1) is 12.2. The maximum atomic E-state index is 10.1. The van der Waals surface area contributed by atoms with E-state index in [1.54, 1.807) is 0 Å². The van der Waals surface area contributed by atoms with Crippen molar-refractivity contribution >= 4 is 0 Å². The van der Waals surface area contributed by atoms with Gasteiger partial charge in [-0.25, -0.2) is 0 Å². The van der Waals surface area contributed by atoms with Crippen LogP contribution in [0.25, 0.3) is 0 Å². The SMILES string of the molecule is Cc1ccccc1Cc1nnn(C[C@H](O)COCc2ccccc2)n1. The molecule has 0 aliphatic rings. The lowest BCUT2D eigenvalue weighted by atomic mass is 10.1. The lowest BCUT2D eigenvalue weighted by Crippen LogP contribution is -2.23. The van der Waals surface area contributed by atoms with E-state index >= 15 is 0 Å². The highest BCUT2D eigenvalue weighted by atomic mass is 16.5. The number of aliphatic hydroxyl groups is 1. The van der Waals surface area contributed by atoms with Crippen LogP contribution in [0.15, 0.2) is 54.6 Å². The number of aromatic nitrogens is 4. The zero-order chi connectivity index (χ0) is 17.5. The topological polar surface area (TPSA) is 73.1 Å². The fraction of sp³-hybridized carbons (Fsp3) is 0.316. The highest BCUT2D eigenvalue weighted by Gasteiger charge is 2.10. The molecule has 1 N–H and O–H groups in total. The minimum absolute atomic E-state index is 0.226. The third-order valence-electron chi connectivity index (χ3n) is 3.90. The smallest absolute Gasteiger partial charge is 0.179 e. The van der Waals surface area contributed by atoms with Crippen molar-refractivity contribution in [3.8, 4) is 0 Å². The number of hydrogen-bond donors (Lipinski definition) is 1. The van der Waals surface area contributed by atoms with E-state index in [1.807, 2.05) is 42.5 Å². The molecule has 1 atom stereocenters. The van der Waals surface area contributed by atoms with Crippen LogP contribution >= 0.6 is 0 Å². The molecule has 0 unspecified atom stereocenters. The highest BCUT2D eigenvalue weighted by Crippen LogP contribution is 2.10. The largest absolute Gasteiger partial charge is 0.389 e. The molecule has 0 aliphatic heterocycles. The lowest BCUT2D eigenvalue weighted by molar-refractivity contribution is 0.0164. The third kappa shape index (κ3) is 5.20. The Kier molecular flexibility index (Phi) is 5.87. The fourth-order valence-corrected chi connectivity index (χ4v) is 2.53. The van der Waals surface area contributed by atoms with Crippen molar-refractivity contribution in [1.82, 2.24) is 20.2 Å². The molecule has 6 heteroatoms. The molecule has 0 spiro atoms. The van der Waals surface area contributed by atoms with Crippen molar-refractivity contribution in [2.24, 2.45) is 0 Å². The Hall–Kier alpha value is -2.57. The second-order valence-electron chi connectivity index (χ2n) is 6.02. The van der Waals surface area contributed by atoms with Gasteiger partial charge in [0.1, 0.15) is 0 Å². The van der Waals surface area contributed by atoms with Gasteiger partial charge >= 0.3 is 0 Å². The second-order valence-corrected chi connectivity index (χ2v) is 6.02. The summed E-state index contributed by atoms with van der Waals surface area (Å²) in [6, 6.07) is 18.0. The number of ether oxygens (including phenoxy) is 1. The molecule has 0 fully saturated rings. The summed E-state index contributed by atoms with van der Waals surface area (Å²) >= 11 is 0. The first-order valence-corrected chi connectivity index (χ1v) is 8.31. The molecule has 0 saturated carbocycles. The van der Waals surface area contributed by atoms with Crippen molar-refractivity contribution in [3.63, 3.8) is 0 Å². The summed E-state index contributed by atoms with van der Waals surface area (Å²) in [5.74, 6) is 0.645. The summed E-state index contributed by atoms with van der Waals surface area (Å²) < 4.78 is 5.53. The van der Waals surface area contributed by atoms with Crippen molar-refractivity contribution in [1.29, 1.82) is 0 Å². The molecule has 25 heavy (non-hydrogen) atoms. The third-order valence-corrected chi connectivity index (χ3v) is 3.90. The average Bonchev–Trinajstić information content (AvgIpc) is 3.05. The second kappa shape index (κ2) is 8.50. The van der Waals surface area contributed by atoms with E-state index < -0.39 is 6.10 Å². The van der Waals surface area contributed by atoms with Gasteiger partial charge in [-0.2, -0.15) is 4.80 Å². The highest BCUT2D eigenvalue weighted by molar-refractivity contribution is 5.27. The number of nitrogens with zero attached hydrogens (tertiary/aromatic N) is 4. The average molecular weight is 338 g/mol. The summed E-state index contributed by atoms with van der Waals surface area (Å²) in [5, 5.41) is 22.5. The van der Waals surface area contributed by atoms with E-state index in [1.165, 1.54) is 15.9 Å². The van der Waals surface area contributed by atoms with E-state index in [0.29, 0.717) is 18.9 Å². The summed E-state index contributed by atoms with van der Waals surface area (Å²) in [6.45, 7) is 3.02. The van der Waals surface area contributed by atoms with Crippen molar-refractivity contribution in [3.05, 3.63) is 77.1 Å². The molecule has 0 amide bonds. The quantitative estimate of drug-likeness (QED) is 0.681. The molecular formula is C19H22N4O2. The summed E-state index contributed by atoms with van der Waals surface area (Å²) in [6.07, 6.45) is -0.0444. The first-order valence-electron chi connectivity index (χ1n) is 8.31. The fourth-order valence-electron chi connectivity index (χ4n) is 2.53. The number of aliphatic hydroxyl groups excluding tert-OH is 1. The minimum Gasteiger partial charge on any atom is -0.389 e. The normalized spacial score (nSPS) is 12.2. The predicted molar refractivity (Wildman–Crippen MR) is 93.9 cm³/mol. The van der Waals surface area contributed by atoms with Crippen LogP contribution in [0, 0.1) is 6.92 Å². The maximum Gasteiger partial charge on any atom is 0.179 e. The van der Waals surface area contributed by atoms with Crippen LogP contribution in [0.2, 0.25) is 0 Å². The van der Waals surface area contributed by atoms with Gasteiger partial charge in [-0.1, -0.05) is 54.6 Å². The maximum absolute atomic E-state index is 10.1. The molecule has 2 aromatic carbocycles. The molecule has 3 aromatic rings. The van der Waals surface area contributed by atoms with Crippen molar-refractivity contribution in [2.45, 2.75) is 32.6 Å². The van der Waals surface area contributed by atoms with E-state index in [2.05, 4.69) is 34.5 Å². The molecule has 0 aliphatic carbocycles. The summed E-state index contributed by atoms with van der Waals surface area (Å²) in [5.41, 5.74) is 3.45. The molecule has 1 heterocycles. The standard InChI is InChI=1S/C19H22N4O2/c1-15-7-5-6-10-17(15)11-19-20-22-23(21-19)12-18(24)14-25-13-16-8-3-2-4-9-16/h2-10,18,24H,11-14H2,1H3/t18-/m0/s1. The van der Waals surface area contributed by atoms with Crippen molar-refractivity contribution < 1.29 is 9.84 Å². The van der Waals surface area contributed by atoms with Crippen LogP contribution in [-0.2, 0) is 24.3 Å². The van der Waals surface area contributed by atoms with Gasteiger partial charge < -0.3 is 9.84 Å². The van der Waals surface area contributed by atoms with Crippen LogP contribution in [0.4, 0.5) is 0 Å². The lowest BCUT2D eigenvalue weighted by Gasteiger charge is -2.10. The molecule has 130 valence electrons. The van der Waals surface area contributed by atoms with E-state index in [9.17, 15) is 5.11 Å². The minimum atomic E-state index is -0.677. The predicted octanol–water partition coefficient (Wildman–Crippen LogP) is 2.15. The van der Waals surface area contributed by atoms with Gasteiger partial charge in [0.05, 0.1) is 25.9 Å². The summed E-state index contributed by atoms with van der Waals surface area (Å²) in [7, 11) is 0. The van der Waals surface area contributed by atoms with Gasteiger partial charge in [0.2, 0.25) is 0 Å². The number of benzene rings is 2. The van der Waals surface area contributed by atoms with E-state index in [-0.39, 0.29) is 13.2 Å².